The second-order valence-electron chi connectivity index (χ2n) is 8.28. The summed E-state index contributed by atoms with van der Waals surface area (Å²) in [5.74, 6) is 0.473. The van der Waals surface area contributed by atoms with E-state index in [4.69, 9.17) is 0 Å². The number of sulfonamides is 1. The molecule has 1 amide bonds. The largest absolute Gasteiger partial charge is 0.352 e. The minimum Gasteiger partial charge on any atom is -0.352 e. The first-order valence-corrected chi connectivity index (χ1v) is 13.0. The topological polar surface area (TPSA) is 66.5 Å². The van der Waals surface area contributed by atoms with E-state index >= 15 is 0 Å². The zero-order chi connectivity index (χ0) is 21.8. The molecule has 164 valence electrons. The minimum atomic E-state index is -3.61. The molecule has 0 radical (unpaired) electrons. The van der Waals surface area contributed by atoms with Crippen molar-refractivity contribution in [3.05, 3.63) is 65.7 Å². The van der Waals surface area contributed by atoms with Crippen LogP contribution in [-0.2, 0) is 16.6 Å². The van der Waals surface area contributed by atoms with Crippen molar-refractivity contribution in [2.75, 3.05) is 13.6 Å². The fourth-order valence-electron chi connectivity index (χ4n) is 4.12. The normalized spacial score (nSPS) is 15.4. The maximum absolute atomic E-state index is 13.1. The van der Waals surface area contributed by atoms with E-state index in [0.29, 0.717) is 22.2 Å². The van der Waals surface area contributed by atoms with Crippen LogP contribution in [0.4, 0.5) is 0 Å². The van der Waals surface area contributed by atoms with Gasteiger partial charge in [0.1, 0.15) is 4.21 Å². The molecule has 0 aliphatic heterocycles. The third-order valence-corrected chi connectivity index (χ3v) is 9.31. The van der Waals surface area contributed by atoms with Gasteiger partial charge in [-0.3, -0.25) is 4.79 Å². The molecule has 1 N–H and O–H groups in total. The van der Waals surface area contributed by atoms with E-state index in [9.17, 15) is 13.2 Å². The summed E-state index contributed by atoms with van der Waals surface area (Å²) in [6.45, 7) is 0.920. The molecule has 1 saturated carbocycles. The highest BCUT2D eigenvalue weighted by molar-refractivity contribution is 7.91. The van der Waals surface area contributed by atoms with Gasteiger partial charge in [0.2, 0.25) is 0 Å². The fraction of sp³-hybridized carbons (Fsp3) is 0.375. The lowest BCUT2D eigenvalue weighted by Gasteiger charge is -2.21. The predicted octanol–water partition coefficient (Wildman–Crippen LogP) is 5.03. The summed E-state index contributed by atoms with van der Waals surface area (Å²) < 4.78 is 28.7. The molecule has 1 aliphatic carbocycles. The minimum absolute atomic E-state index is 0.0950. The average Bonchev–Trinajstić information content (AvgIpc) is 3.23. The third-order valence-electron chi connectivity index (χ3n) is 5.94. The molecule has 5 nitrogen and oxygen atoms in total. The molecule has 3 aromatic rings. The van der Waals surface area contributed by atoms with Crippen molar-refractivity contribution in [1.29, 1.82) is 0 Å². The van der Waals surface area contributed by atoms with Gasteiger partial charge in [-0.25, -0.2) is 8.42 Å². The Kier molecular flexibility index (Phi) is 6.74. The molecule has 31 heavy (non-hydrogen) atoms. The van der Waals surface area contributed by atoms with Gasteiger partial charge in [-0.05, 0) is 54.0 Å². The van der Waals surface area contributed by atoms with E-state index in [-0.39, 0.29) is 12.5 Å². The first-order valence-electron chi connectivity index (χ1n) is 10.8. The van der Waals surface area contributed by atoms with E-state index < -0.39 is 10.0 Å². The van der Waals surface area contributed by atoms with E-state index in [1.807, 2.05) is 36.4 Å². The second kappa shape index (κ2) is 9.51. The van der Waals surface area contributed by atoms with Gasteiger partial charge in [0, 0.05) is 30.4 Å². The molecule has 1 heterocycles. The lowest BCUT2D eigenvalue weighted by Crippen LogP contribution is -2.30. The summed E-state index contributed by atoms with van der Waals surface area (Å²) in [6.07, 6.45) is 6.15. The first-order chi connectivity index (χ1) is 14.9. The zero-order valence-electron chi connectivity index (χ0n) is 17.7. The van der Waals surface area contributed by atoms with Crippen LogP contribution in [0.1, 0.15) is 48.0 Å². The van der Waals surface area contributed by atoms with Crippen LogP contribution in [0.15, 0.2) is 58.8 Å². The lowest BCUT2D eigenvalue weighted by molar-refractivity contribution is 0.0943. The number of rotatable bonds is 7. The summed E-state index contributed by atoms with van der Waals surface area (Å²) in [7, 11) is -2.03. The van der Waals surface area contributed by atoms with Crippen molar-refractivity contribution in [3.63, 3.8) is 0 Å². The number of hydrogen-bond acceptors (Lipinski definition) is 4. The highest BCUT2D eigenvalue weighted by Gasteiger charge is 2.24. The quantitative estimate of drug-likeness (QED) is 0.542. The molecule has 1 aromatic heterocycles. The second-order valence-corrected chi connectivity index (χ2v) is 11.6. The standard InChI is InChI=1S/C24H28N2O3S2/c1-26(31(28,29)23-15-20-11-5-6-13-22(20)30-23)17-19-10-7-12-21(14-19)24(27)25-16-18-8-3-2-4-9-18/h5-7,10-15,18H,2-4,8-9,16-17H2,1H3,(H,25,27). The van der Waals surface area contributed by atoms with Crippen LogP contribution in [0, 0.1) is 5.92 Å². The molecule has 4 rings (SSSR count). The number of hydrogen-bond donors (Lipinski definition) is 1. The molecule has 0 unspecified atom stereocenters. The van der Waals surface area contributed by atoms with Gasteiger partial charge >= 0.3 is 0 Å². The van der Waals surface area contributed by atoms with Gasteiger partial charge in [-0.15, -0.1) is 11.3 Å². The van der Waals surface area contributed by atoms with Crippen LogP contribution in [-0.4, -0.2) is 32.2 Å². The molecular formula is C24H28N2O3S2. The van der Waals surface area contributed by atoms with Crippen molar-refractivity contribution < 1.29 is 13.2 Å². The molecule has 0 saturated heterocycles. The Balaban J connectivity index is 1.43. The molecule has 0 atom stereocenters. The Hall–Kier alpha value is -2.22. The number of benzene rings is 2. The monoisotopic (exact) mass is 456 g/mol. The smallest absolute Gasteiger partial charge is 0.252 e. The summed E-state index contributed by atoms with van der Waals surface area (Å²) in [6, 6.07) is 16.6. The van der Waals surface area contributed by atoms with Crippen molar-refractivity contribution in [3.8, 4) is 0 Å². The molecule has 1 aliphatic rings. The molecule has 7 heteroatoms. The molecule has 0 spiro atoms. The Morgan fingerprint density at radius 1 is 1.06 bits per heavy atom. The predicted molar refractivity (Wildman–Crippen MR) is 126 cm³/mol. The van der Waals surface area contributed by atoms with Gasteiger partial charge < -0.3 is 5.32 Å². The number of nitrogens with one attached hydrogen (secondary N) is 1. The highest BCUT2D eigenvalue weighted by Crippen LogP contribution is 2.31. The Morgan fingerprint density at radius 2 is 1.84 bits per heavy atom. The van der Waals surface area contributed by atoms with Crippen molar-refractivity contribution in [2.24, 2.45) is 5.92 Å². The lowest BCUT2D eigenvalue weighted by atomic mass is 9.89. The van der Waals surface area contributed by atoms with Crippen molar-refractivity contribution in [2.45, 2.75) is 42.9 Å². The molecular weight excluding hydrogens is 428 g/mol. The summed E-state index contributed by atoms with van der Waals surface area (Å²) in [5, 5.41) is 3.98. The molecule has 0 bridgehead atoms. The van der Waals surface area contributed by atoms with Gasteiger partial charge in [0.15, 0.2) is 0 Å². The summed E-state index contributed by atoms with van der Waals surface area (Å²) >= 11 is 1.28. The van der Waals surface area contributed by atoms with Crippen molar-refractivity contribution >= 4 is 37.4 Å². The fourth-order valence-corrected chi connectivity index (χ4v) is 6.89. The van der Waals surface area contributed by atoms with E-state index in [1.165, 1.54) is 47.7 Å². The van der Waals surface area contributed by atoms with Crippen LogP contribution in [0.5, 0.6) is 0 Å². The number of nitrogens with zero attached hydrogens (tertiary/aromatic N) is 1. The number of carbonyl (C=O) groups is 1. The first kappa shape index (κ1) is 22.0. The number of thiophene rings is 1. The Morgan fingerprint density at radius 3 is 2.61 bits per heavy atom. The summed E-state index contributed by atoms with van der Waals surface area (Å²) in [5.41, 5.74) is 1.36. The zero-order valence-corrected chi connectivity index (χ0v) is 19.3. The van der Waals surface area contributed by atoms with Crippen LogP contribution in [0.2, 0.25) is 0 Å². The highest BCUT2D eigenvalue weighted by atomic mass is 32.2. The van der Waals surface area contributed by atoms with E-state index in [2.05, 4.69) is 5.32 Å². The molecule has 2 aromatic carbocycles. The number of amides is 1. The SMILES string of the molecule is CN(Cc1cccc(C(=O)NCC2CCCCC2)c1)S(=O)(=O)c1cc2ccccc2s1. The van der Waals surface area contributed by atoms with Gasteiger partial charge in [-0.2, -0.15) is 4.31 Å². The number of fused-ring (bicyclic) bond motifs is 1. The Labute approximate surface area is 188 Å². The number of carbonyl (C=O) groups excluding carboxylic acids is 1. The van der Waals surface area contributed by atoms with Gasteiger partial charge in [-0.1, -0.05) is 49.6 Å². The van der Waals surface area contributed by atoms with Gasteiger partial charge in [0.05, 0.1) is 0 Å². The molecule has 1 fully saturated rings. The van der Waals surface area contributed by atoms with Crippen LogP contribution >= 0.6 is 11.3 Å². The maximum Gasteiger partial charge on any atom is 0.252 e. The van der Waals surface area contributed by atoms with E-state index in [0.717, 1.165) is 15.6 Å². The van der Waals surface area contributed by atoms with Crippen LogP contribution in [0.3, 0.4) is 0 Å². The maximum atomic E-state index is 13.1. The third kappa shape index (κ3) is 5.17. The van der Waals surface area contributed by atoms with Crippen LogP contribution in [0.25, 0.3) is 10.1 Å². The average molecular weight is 457 g/mol. The van der Waals surface area contributed by atoms with Crippen LogP contribution < -0.4 is 5.32 Å². The van der Waals surface area contributed by atoms with Crippen molar-refractivity contribution in [1.82, 2.24) is 9.62 Å². The summed E-state index contributed by atoms with van der Waals surface area (Å²) in [4.78, 5) is 12.6. The van der Waals surface area contributed by atoms with E-state index in [1.54, 1.807) is 25.2 Å². The Bertz CT molecular complexity index is 1130. The van der Waals surface area contributed by atoms with Gasteiger partial charge in [0.25, 0.3) is 15.9 Å².